The van der Waals surface area contributed by atoms with E-state index in [2.05, 4.69) is 4.98 Å². The number of esters is 1. The smallest absolute Gasteiger partial charge is 0.338 e. The molecule has 10 heteroatoms. The quantitative estimate of drug-likeness (QED) is 0.249. The van der Waals surface area contributed by atoms with Gasteiger partial charge in [0.05, 0.1) is 61.0 Å². The van der Waals surface area contributed by atoms with E-state index in [1.807, 2.05) is 60.7 Å². The van der Waals surface area contributed by atoms with Crippen molar-refractivity contribution in [2.45, 2.75) is 19.9 Å². The zero-order valence-electron chi connectivity index (χ0n) is 25.0. The Balaban J connectivity index is 1.62. The average molecular weight is 610 g/mol. The first kappa shape index (κ1) is 29.0. The Morgan fingerprint density at radius 1 is 0.977 bits per heavy atom. The van der Waals surface area contributed by atoms with E-state index in [0.29, 0.717) is 43.4 Å². The molecular formula is C34H31N3O6S. The van der Waals surface area contributed by atoms with E-state index in [9.17, 15) is 9.59 Å². The molecule has 44 heavy (non-hydrogen) atoms. The van der Waals surface area contributed by atoms with Crippen LogP contribution >= 0.6 is 11.3 Å². The van der Waals surface area contributed by atoms with Crippen molar-refractivity contribution in [3.05, 3.63) is 109 Å². The highest BCUT2D eigenvalue weighted by molar-refractivity contribution is 7.07. The van der Waals surface area contributed by atoms with E-state index in [-0.39, 0.29) is 12.2 Å². The number of aromatic amines is 1. The molecule has 0 saturated heterocycles. The van der Waals surface area contributed by atoms with Crippen LogP contribution in [0.25, 0.3) is 28.2 Å². The van der Waals surface area contributed by atoms with Crippen molar-refractivity contribution in [1.82, 2.24) is 9.55 Å². The van der Waals surface area contributed by atoms with E-state index < -0.39 is 12.0 Å². The molecule has 1 aliphatic rings. The van der Waals surface area contributed by atoms with Gasteiger partial charge in [0.15, 0.2) is 16.3 Å². The Morgan fingerprint density at radius 3 is 2.43 bits per heavy atom. The summed E-state index contributed by atoms with van der Waals surface area (Å²) in [5.41, 5.74) is 4.66. The molecule has 6 rings (SSSR count). The zero-order valence-corrected chi connectivity index (χ0v) is 25.8. The maximum Gasteiger partial charge on any atom is 0.338 e. The minimum atomic E-state index is -0.788. The number of allylic oxidation sites excluding steroid dienone is 1. The van der Waals surface area contributed by atoms with Gasteiger partial charge in [-0.05, 0) is 49.2 Å². The third-order valence-corrected chi connectivity index (χ3v) is 8.62. The SMILES string of the molecule is CCOC(=O)C1=C(C)N=c2sc(=Cc3c(-c4ccccc4)[nH]c4c(OC)cccc34)c(=O)n2[C@@H]1c1ccc(OC)c(OC)c1. The number of benzene rings is 3. The highest BCUT2D eigenvalue weighted by Crippen LogP contribution is 2.37. The largest absolute Gasteiger partial charge is 0.495 e. The van der Waals surface area contributed by atoms with Crippen molar-refractivity contribution in [1.29, 1.82) is 0 Å². The Labute approximate surface area is 257 Å². The topological polar surface area (TPSA) is 104 Å². The van der Waals surface area contributed by atoms with Crippen molar-refractivity contribution in [3.8, 4) is 28.5 Å². The molecule has 0 amide bonds. The molecule has 0 spiro atoms. The molecule has 0 aliphatic carbocycles. The third-order valence-electron chi connectivity index (χ3n) is 7.63. The van der Waals surface area contributed by atoms with Crippen molar-refractivity contribution in [2.24, 2.45) is 4.99 Å². The fraction of sp³-hybridized carbons (Fsp3) is 0.206. The molecule has 0 radical (unpaired) electrons. The Morgan fingerprint density at radius 2 is 1.73 bits per heavy atom. The van der Waals surface area contributed by atoms with Crippen LogP contribution in [0, 0.1) is 0 Å². The second-order valence-corrected chi connectivity index (χ2v) is 11.1. The highest BCUT2D eigenvalue weighted by Gasteiger charge is 2.34. The summed E-state index contributed by atoms with van der Waals surface area (Å²) in [7, 11) is 4.73. The molecule has 2 aromatic heterocycles. The molecule has 1 N–H and O–H groups in total. The molecule has 0 unspecified atom stereocenters. The van der Waals surface area contributed by atoms with Gasteiger partial charge in [-0.15, -0.1) is 0 Å². The molecular weight excluding hydrogens is 578 g/mol. The molecule has 9 nitrogen and oxygen atoms in total. The van der Waals surface area contributed by atoms with Crippen molar-refractivity contribution < 1.29 is 23.7 Å². The van der Waals surface area contributed by atoms with Crippen molar-refractivity contribution in [3.63, 3.8) is 0 Å². The lowest BCUT2D eigenvalue weighted by Gasteiger charge is -2.25. The Bertz CT molecular complexity index is 2110. The maximum atomic E-state index is 14.4. The average Bonchev–Trinajstić information content (AvgIpc) is 3.57. The van der Waals surface area contributed by atoms with Gasteiger partial charge in [-0.2, -0.15) is 0 Å². The summed E-state index contributed by atoms with van der Waals surface area (Å²) >= 11 is 1.27. The summed E-state index contributed by atoms with van der Waals surface area (Å²) in [5, 5.41) is 0.911. The fourth-order valence-corrected chi connectivity index (χ4v) is 6.65. The number of carbonyl (C=O) groups excluding carboxylic acids is 1. The van der Waals surface area contributed by atoms with Crippen LogP contribution in [0.5, 0.6) is 17.2 Å². The van der Waals surface area contributed by atoms with Crippen LogP contribution in [0.4, 0.5) is 0 Å². The summed E-state index contributed by atoms with van der Waals surface area (Å²) in [4.78, 5) is 36.4. The van der Waals surface area contributed by atoms with Crippen LogP contribution in [0.3, 0.4) is 0 Å². The summed E-state index contributed by atoms with van der Waals surface area (Å²) in [6.45, 7) is 3.69. The molecule has 0 bridgehead atoms. The van der Waals surface area contributed by atoms with Gasteiger partial charge in [0, 0.05) is 10.9 Å². The molecule has 0 fully saturated rings. The van der Waals surface area contributed by atoms with Gasteiger partial charge < -0.3 is 23.9 Å². The summed E-state index contributed by atoms with van der Waals surface area (Å²) in [6.07, 6.45) is 1.89. The number of nitrogens with zero attached hydrogens (tertiary/aromatic N) is 2. The van der Waals surface area contributed by atoms with Crippen LogP contribution < -0.4 is 29.1 Å². The van der Waals surface area contributed by atoms with Crippen LogP contribution in [0.1, 0.15) is 31.0 Å². The minimum Gasteiger partial charge on any atom is -0.495 e. The van der Waals surface area contributed by atoms with Gasteiger partial charge in [-0.3, -0.25) is 9.36 Å². The van der Waals surface area contributed by atoms with E-state index in [1.54, 1.807) is 51.9 Å². The number of hydrogen-bond donors (Lipinski definition) is 1. The van der Waals surface area contributed by atoms with Gasteiger partial charge in [-0.25, -0.2) is 9.79 Å². The van der Waals surface area contributed by atoms with Gasteiger partial charge in [0.1, 0.15) is 5.75 Å². The summed E-state index contributed by atoms with van der Waals surface area (Å²) < 4.78 is 24.1. The number of nitrogens with one attached hydrogen (secondary N) is 1. The van der Waals surface area contributed by atoms with E-state index >= 15 is 0 Å². The number of H-pyrrole nitrogens is 1. The lowest BCUT2D eigenvalue weighted by Crippen LogP contribution is -2.40. The summed E-state index contributed by atoms with van der Waals surface area (Å²) in [5.74, 6) is 1.18. The predicted molar refractivity (Wildman–Crippen MR) is 170 cm³/mol. The lowest BCUT2D eigenvalue weighted by molar-refractivity contribution is -0.139. The first-order valence-electron chi connectivity index (χ1n) is 14.1. The van der Waals surface area contributed by atoms with Crippen molar-refractivity contribution >= 4 is 34.3 Å². The first-order valence-corrected chi connectivity index (χ1v) is 14.9. The van der Waals surface area contributed by atoms with Crippen LogP contribution in [0.15, 0.2) is 87.8 Å². The van der Waals surface area contributed by atoms with Crippen LogP contribution in [-0.2, 0) is 9.53 Å². The van der Waals surface area contributed by atoms with Gasteiger partial charge in [0.2, 0.25) is 0 Å². The highest BCUT2D eigenvalue weighted by atomic mass is 32.1. The molecule has 0 saturated carbocycles. The second-order valence-electron chi connectivity index (χ2n) is 10.1. The number of ether oxygens (including phenoxy) is 4. The normalized spacial score (nSPS) is 14.8. The predicted octanol–water partition coefficient (Wildman–Crippen LogP) is 4.97. The number of para-hydroxylation sites is 1. The number of fused-ring (bicyclic) bond motifs is 2. The number of thiazole rings is 1. The molecule has 5 aromatic rings. The van der Waals surface area contributed by atoms with Crippen LogP contribution in [-0.4, -0.2) is 43.5 Å². The minimum absolute atomic E-state index is 0.185. The second kappa shape index (κ2) is 11.9. The number of rotatable bonds is 8. The number of aromatic nitrogens is 2. The molecule has 3 aromatic carbocycles. The van der Waals surface area contributed by atoms with E-state index in [0.717, 1.165) is 27.7 Å². The first-order chi connectivity index (χ1) is 21.4. The van der Waals surface area contributed by atoms with Gasteiger partial charge in [0.25, 0.3) is 5.56 Å². The standard InChI is InChI=1S/C34H31N3O6S/c1-6-43-33(39)28-19(2)35-34-37(31(28)21-15-16-24(40-3)26(17-21)42-5)32(38)27(44-34)18-23-22-13-10-14-25(41-4)30(22)36-29(23)20-11-8-7-9-12-20/h7-18,31,36H,6H2,1-5H3/t31-/m1/s1. The Kier molecular flexibility index (Phi) is 7.84. The molecule has 3 heterocycles. The monoisotopic (exact) mass is 609 g/mol. The number of hydrogen-bond acceptors (Lipinski definition) is 8. The maximum absolute atomic E-state index is 14.4. The van der Waals surface area contributed by atoms with E-state index in [1.165, 1.54) is 11.3 Å². The number of carbonyl (C=O) groups is 1. The molecule has 1 aliphatic heterocycles. The van der Waals surface area contributed by atoms with Crippen molar-refractivity contribution in [2.75, 3.05) is 27.9 Å². The molecule has 224 valence electrons. The van der Waals surface area contributed by atoms with Gasteiger partial charge in [-0.1, -0.05) is 59.9 Å². The molecule has 1 atom stereocenters. The summed E-state index contributed by atoms with van der Waals surface area (Å²) in [6, 6.07) is 20.3. The lowest BCUT2D eigenvalue weighted by atomic mass is 9.95. The van der Waals surface area contributed by atoms with E-state index in [4.69, 9.17) is 23.9 Å². The third kappa shape index (κ3) is 4.87. The van der Waals surface area contributed by atoms with Crippen LogP contribution in [0.2, 0.25) is 0 Å². The van der Waals surface area contributed by atoms with Gasteiger partial charge >= 0.3 is 5.97 Å². The zero-order chi connectivity index (χ0) is 31.0. The Hall–Kier alpha value is -5.09. The fourth-order valence-electron chi connectivity index (χ4n) is 5.62. The number of methoxy groups -OCH3 is 3.